The van der Waals surface area contributed by atoms with Gasteiger partial charge in [0, 0.05) is 31.2 Å². The van der Waals surface area contributed by atoms with E-state index in [1.807, 2.05) is 0 Å². The summed E-state index contributed by atoms with van der Waals surface area (Å²) in [5.74, 6) is -1.46. The molecule has 1 rings (SSSR count). The highest BCUT2D eigenvalue weighted by Gasteiger charge is 2.22. The maximum absolute atomic E-state index is 11.8. The predicted molar refractivity (Wildman–Crippen MR) is 107 cm³/mol. The van der Waals surface area contributed by atoms with E-state index < -0.39 is 18.5 Å². The zero-order valence-corrected chi connectivity index (χ0v) is 17.7. The SMILES string of the molecule is C=CC(=O)OC(C)OCCCCOC(C)OC(=O)CCCCCN1C(=O)C=CC1=O. The van der Waals surface area contributed by atoms with E-state index in [1.165, 1.54) is 17.1 Å². The number of amides is 2. The summed E-state index contributed by atoms with van der Waals surface area (Å²) in [6.07, 6.45) is 5.94. The summed E-state index contributed by atoms with van der Waals surface area (Å²) in [6.45, 7) is 7.77. The molecule has 0 aromatic carbocycles. The molecule has 9 nitrogen and oxygen atoms in total. The molecule has 2 unspecified atom stereocenters. The molecule has 168 valence electrons. The Hall–Kier alpha value is -2.52. The highest BCUT2D eigenvalue weighted by atomic mass is 16.7. The maximum Gasteiger partial charge on any atom is 0.332 e. The van der Waals surface area contributed by atoms with Crippen molar-refractivity contribution in [3.05, 3.63) is 24.8 Å². The second kappa shape index (κ2) is 14.5. The predicted octanol–water partition coefficient (Wildman–Crippen LogP) is 2.25. The summed E-state index contributed by atoms with van der Waals surface area (Å²) in [7, 11) is 0. The molecule has 0 N–H and O–H groups in total. The van der Waals surface area contributed by atoms with Crippen LogP contribution in [0, 0.1) is 0 Å². The largest absolute Gasteiger partial charge is 0.436 e. The minimum Gasteiger partial charge on any atom is -0.436 e. The molecule has 0 spiro atoms. The molecule has 1 heterocycles. The van der Waals surface area contributed by atoms with Crippen molar-refractivity contribution in [2.45, 2.75) is 65.0 Å². The van der Waals surface area contributed by atoms with Gasteiger partial charge >= 0.3 is 11.9 Å². The van der Waals surface area contributed by atoms with Crippen LogP contribution in [0.2, 0.25) is 0 Å². The number of rotatable bonds is 16. The molecular formula is C21H31NO8. The van der Waals surface area contributed by atoms with E-state index in [2.05, 4.69) is 6.58 Å². The van der Waals surface area contributed by atoms with Crippen molar-refractivity contribution in [3.63, 3.8) is 0 Å². The van der Waals surface area contributed by atoms with Gasteiger partial charge < -0.3 is 18.9 Å². The Morgan fingerprint density at radius 2 is 1.50 bits per heavy atom. The van der Waals surface area contributed by atoms with Gasteiger partial charge in [0.15, 0.2) is 12.6 Å². The van der Waals surface area contributed by atoms with Crippen molar-refractivity contribution in [1.29, 1.82) is 0 Å². The average molecular weight is 425 g/mol. The van der Waals surface area contributed by atoms with Crippen LogP contribution >= 0.6 is 0 Å². The Morgan fingerprint density at radius 3 is 2.07 bits per heavy atom. The lowest BCUT2D eigenvalue weighted by Crippen LogP contribution is -2.30. The quantitative estimate of drug-likeness (QED) is 0.122. The number of hydrogen-bond acceptors (Lipinski definition) is 8. The van der Waals surface area contributed by atoms with E-state index in [4.69, 9.17) is 18.9 Å². The molecule has 2 atom stereocenters. The van der Waals surface area contributed by atoms with Crippen molar-refractivity contribution in [1.82, 2.24) is 4.90 Å². The van der Waals surface area contributed by atoms with Gasteiger partial charge in [0.05, 0.1) is 13.2 Å². The normalized spacial score (nSPS) is 15.2. The van der Waals surface area contributed by atoms with Gasteiger partial charge in [-0.25, -0.2) is 4.79 Å². The lowest BCUT2D eigenvalue weighted by Gasteiger charge is -2.15. The maximum atomic E-state index is 11.8. The van der Waals surface area contributed by atoms with Gasteiger partial charge in [0.1, 0.15) is 0 Å². The number of carbonyl (C=O) groups is 4. The van der Waals surface area contributed by atoms with E-state index in [9.17, 15) is 19.2 Å². The monoisotopic (exact) mass is 425 g/mol. The first-order chi connectivity index (χ1) is 14.3. The molecule has 0 aliphatic carbocycles. The lowest BCUT2D eigenvalue weighted by molar-refractivity contribution is -0.176. The van der Waals surface area contributed by atoms with E-state index >= 15 is 0 Å². The summed E-state index contributed by atoms with van der Waals surface area (Å²) in [4.78, 5) is 46.8. The molecular weight excluding hydrogens is 394 g/mol. The van der Waals surface area contributed by atoms with Crippen LogP contribution < -0.4 is 0 Å². The standard InChI is InChI=1S/C21H31NO8/c1-4-20(25)29-16(2)27-14-8-9-15-28-17(3)30-21(26)10-6-5-7-13-22-18(23)11-12-19(22)24/h4,11-12,16-17H,1,5-10,13-15H2,2-3H3. The lowest BCUT2D eigenvalue weighted by atomic mass is 10.2. The highest BCUT2D eigenvalue weighted by molar-refractivity contribution is 6.12. The summed E-state index contributed by atoms with van der Waals surface area (Å²) in [5, 5.41) is 0. The van der Waals surface area contributed by atoms with Crippen LogP contribution in [0.4, 0.5) is 0 Å². The molecule has 0 radical (unpaired) electrons. The molecule has 0 fully saturated rings. The molecule has 1 aliphatic heterocycles. The fourth-order valence-corrected chi connectivity index (χ4v) is 2.59. The number of unbranched alkanes of at least 4 members (excludes halogenated alkanes) is 3. The van der Waals surface area contributed by atoms with Crippen LogP contribution in [0.25, 0.3) is 0 Å². The van der Waals surface area contributed by atoms with Crippen LogP contribution in [0.1, 0.15) is 52.4 Å². The van der Waals surface area contributed by atoms with E-state index in [-0.39, 0.29) is 24.2 Å². The van der Waals surface area contributed by atoms with Crippen LogP contribution in [0.5, 0.6) is 0 Å². The summed E-state index contributed by atoms with van der Waals surface area (Å²) in [6, 6.07) is 0. The van der Waals surface area contributed by atoms with Crippen molar-refractivity contribution >= 4 is 23.8 Å². The topological polar surface area (TPSA) is 108 Å². The van der Waals surface area contributed by atoms with Gasteiger partial charge in [-0.3, -0.25) is 19.3 Å². The molecule has 1 aliphatic rings. The number of carbonyl (C=O) groups excluding carboxylic acids is 4. The molecule has 0 saturated heterocycles. The smallest absolute Gasteiger partial charge is 0.332 e. The van der Waals surface area contributed by atoms with Crippen LogP contribution in [-0.2, 0) is 38.1 Å². The van der Waals surface area contributed by atoms with Gasteiger partial charge in [-0.2, -0.15) is 0 Å². The molecule has 9 heteroatoms. The van der Waals surface area contributed by atoms with E-state index in [0.717, 1.165) is 6.08 Å². The van der Waals surface area contributed by atoms with Gasteiger partial charge in [-0.1, -0.05) is 13.0 Å². The number of hydrogen-bond donors (Lipinski definition) is 0. The fraction of sp³-hybridized carbons (Fsp3) is 0.619. The first-order valence-corrected chi connectivity index (χ1v) is 10.1. The Balaban J connectivity index is 1.97. The molecule has 0 saturated carbocycles. The Bertz CT molecular complexity index is 612. The van der Waals surface area contributed by atoms with Gasteiger partial charge in [0.2, 0.25) is 0 Å². The second-order valence-corrected chi connectivity index (χ2v) is 6.69. The number of ether oxygens (including phenoxy) is 4. The van der Waals surface area contributed by atoms with Crippen molar-refractivity contribution in [3.8, 4) is 0 Å². The van der Waals surface area contributed by atoms with Gasteiger partial charge in [-0.05, 0) is 39.5 Å². The highest BCUT2D eigenvalue weighted by Crippen LogP contribution is 2.09. The number of esters is 2. The van der Waals surface area contributed by atoms with Gasteiger partial charge in [-0.15, -0.1) is 0 Å². The minimum atomic E-state index is -0.642. The second-order valence-electron chi connectivity index (χ2n) is 6.69. The summed E-state index contributed by atoms with van der Waals surface area (Å²) in [5.41, 5.74) is 0. The summed E-state index contributed by atoms with van der Waals surface area (Å²) >= 11 is 0. The molecule has 0 aromatic rings. The average Bonchev–Trinajstić information content (AvgIpc) is 3.02. The fourth-order valence-electron chi connectivity index (χ4n) is 2.59. The molecule has 2 amide bonds. The first-order valence-electron chi connectivity index (χ1n) is 10.1. The van der Waals surface area contributed by atoms with Crippen LogP contribution in [-0.4, -0.2) is 61.0 Å². The Morgan fingerprint density at radius 1 is 0.933 bits per heavy atom. The summed E-state index contributed by atoms with van der Waals surface area (Å²) < 4.78 is 20.8. The molecule has 0 aromatic heterocycles. The van der Waals surface area contributed by atoms with Crippen molar-refractivity contribution in [2.75, 3.05) is 19.8 Å². The zero-order chi connectivity index (χ0) is 22.4. The number of imide groups is 1. The van der Waals surface area contributed by atoms with Crippen molar-refractivity contribution < 1.29 is 38.1 Å². The first kappa shape index (κ1) is 25.5. The van der Waals surface area contributed by atoms with E-state index in [1.54, 1.807) is 13.8 Å². The molecule has 0 bridgehead atoms. The third-order valence-corrected chi connectivity index (χ3v) is 4.15. The van der Waals surface area contributed by atoms with Crippen molar-refractivity contribution in [2.24, 2.45) is 0 Å². The van der Waals surface area contributed by atoms with Crippen LogP contribution in [0.15, 0.2) is 24.8 Å². The van der Waals surface area contributed by atoms with Gasteiger partial charge in [0.25, 0.3) is 11.8 Å². The zero-order valence-electron chi connectivity index (χ0n) is 17.7. The van der Waals surface area contributed by atoms with Crippen LogP contribution in [0.3, 0.4) is 0 Å². The third-order valence-electron chi connectivity index (χ3n) is 4.15. The third kappa shape index (κ3) is 10.9. The Labute approximate surface area is 177 Å². The Kier molecular flexibility index (Phi) is 12.3. The molecule has 30 heavy (non-hydrogen) atoms. The minimum absolute atomic E-state index is 0.253. The van der Waals surface area contributed by atoms with E-state index in [0.29, 0.717) is 51.9 Å². The number of nitrogens with zero attached hydrogens (tertiary/aromatic N) is 1.